The normalized spacial score (nSPS) is 21.3. The first-order valence-electron chi connectivity index (χ1n) is 7.16. The maximum absolute atomic E-state index is 13.3. The van der Waals surface area contributed by atoms with E-state index in [2.05, 4.69) is 9.97 Å². The highest BCUT2D eigenvalue weighted by molar-refractivity contribution is 6.35. The summed E-state index contributed by atoms with van der Waals surface area (Å²) >= 11 is 6.11. The molecule has 0 spiro atoms. The van der Waals surface area contributed by atoms with E-state index in [9.17, 15) is 18.3 Å². The smallest absolute Gasteiger partial charge is 0.391 e. The first kappa shape index (κ1) is 16.8. The number of nitrogen functional groups attached to an aromatic ring is 1. The number of alkyl halides is 3. The maximum atomic E-state index is 13.3. The van der Waals surface area contributed by atoms with Crippen molar-refractivity contribution in [3.8, 4) is 0 Å². The third kappa shape index (κ3) is 2.99. The Morgan fingerprint density at radius 2 is 1.96 bits per heavy atom. The van der Waals surface area contributed by atoms with E-state index >= 15 is 0 Å². The molecule has 1 aromatic heterocycles. The SMILES string of the molecule is Nc1ncnc(N2C[C@H](O)C[C@@H]2c2ccccc2C(F)(F)F)c1Cl. The van der Waals surface area contributed by atoms with Crippen LogP contribution in [0, 0.1) is 0 Å². The summed E-state index contributed by atoms with van der Waals surface area (Å²) in [5.74, 6) is 0.244. The van der Waals surface area contributed by atoms with Gasteiger partial charge in [0.15, 0.2) is 5.82 Å². The highest BCUT2D eigenvalue weighted by Crippen LogP contribution is 2.43. The van der Waals surface area contributed by atoms with E-state index in [4.69, 9.17) is 17.3 Å². The second-order valence-electron chi connectivity index (χ2n) is 5.54. The summed E-state index contributed by atoms with van der Waals surface area (Å²) in [4.78, 5) is 9.32. The van der Waals surface area contributed by atoms with Crippen LogP contribution in [0.25, 0.3) is 0 Å². The van der Waals surface area contributed by atoms with Gasteiger partial charge in [-0.2, -0.15) is 13.2 Å². The number of β-amino-alcohol motifs (C(OH)–C–C–N with tert-alkyl or cyclic N) is 1. The van der Waals surface area contributed by atoms with E-state index in [0.717, 1.165) is 6.07 Å². The zero-order chi connectivity index (χ0) is 17.5. The van der Waals surface area contributed by atoms with Gasteiger partial charge in [0.05, 0.1) is 17.7 Å². The first-order chi connectivity index (χ1) is 11.3. The minimum atomic E-state index is -4.50. The van der Waals surface area contributed by atoms with Gasteiger partial charge in [0.25, 0.3) is 0 Å². The number of hydrogen-bond donors (Lipinski definition) is 2. The lowest BCUT2D eigenvalue weighted by Crippen LogP contribution is -2.27. The fourth-order valence-corrected chi connectivity index (χ4v) is 3.17. The van der Waals surface area contributed by atoms with Gasteiger partial charge in [-0.25, -0.2) is 9.97 Å². The summed E-state index contributed by atoms with van der Waals surface area (Å²) in [5.41, 5.74) is 4.98. The largest absolute Gasteiger partial charge is 0.416 e. The number of nitrogens with two attached hydrogens (primary N) is 1. The number of anilines is 2. The Morgan fingerprint density at radius 1 is 1.25 bits per heavy atom. The van der Waals surface area contributed by atoms with Gasteiger partial charge in [-0.05, 0) is 18.1 Å². The Hall–Kier alpha value is -2.06. The molecule has 1 aliphatic rings. The number of aliphatic hydroxyl groups is 1. The summed E-state index contributed by atoms with van der Waals surface area (Å²) in [7, 11) is 0. The number of aromatic nitrogens is 2. The minimum Gasteiger partial charge on any atom is -0.391 e. The van der Waals surface area contributed by atoms with E-state index in [0.29, 0.717) is 0 Å². The second-order valence-corrected chi connectivity index (χ2v) is 5.92. The molecule has 0 bridgehead atoms. The molecule has 2 aromatic rings. The predicted molar refractivity (Wildman–Crippen MR) is 83.6 cm³/mol. The third-order valence-electron chi connectivity index (χ3n) is 3.97. The molecule has 2 atom stereocenters. The van der Waals surface area contributed by atoms with Crippen LogP contribution in [0.4, 0.5) is 24.8 Å². The molecule has 2 heterocycles. The number of nitrogens with zero attached hydrogens (tertiary/aromatic N) is 3. The molecule has 0 aliphatic carbocycles. The van der Waals surface area contributed by atoms with Crippen LogP contribution in [0.2, 0.25) is 5.02 Å². The molecular weight excluding hydrogens is 345 g/mol. The lowest BCUT2D eigenvalue weighted by atomic mass is 9.97. The molecule has 0 amide bonds. The van der Waals surface area contributed by atoms with Crippen LogP contribution < -0.4 is 10.6 Å². The Bertz CT molecular complexity index is 756. The number of aliphatic hydroxyl groups excluding tert-OH is 1. The van der Waals surface area contributed by atoms with Gasteiger partial charge in [0.1, 0.15) is 17.2 Å². The van der Waals surface area contributed by atoms with E-state index in [1.54, 1.807) is 0 Å². The summed E-state index contributed by atoms with van der Waals surface area (Å²) in [6.07, 6.45) is -3.98. The van der Waals surface area contributed by atoms with E-state index in [1.165, 1.54) is 29.4 Å². The van der Waals surface area contributed by atoms with Crippen LogP contribution >= 0.6 is 11.6 Å². The van der Waals surface area contributed by atoms with Gasteiger partial charge >= 0.3 is 6.18 Å². The van der Waals surface area contributed by atoms with Crippen LogP contribution in [0.1, 0.15) is 23.6 Å². The second kappa shape index (κ2) is 6.10. The third-order valence-corrected chi connectivity index (χ3v) is 4.34. The maximum Gasteiger partial charge on any atom is 0.416 e. The fourth-order valence-electron chi connectivity index (χ4n) is 2.96. The fraction of sp³-hybridized carbons (Fsp3) is 0.333. The van der Waals surface area contributed by atoms with E-state index in [-0.39, 0.29) is 35.2 Å². The molecule has 24 heavy (non-hydrogen) atoms. The van der Waals surface area contributed by atoms with Crippen LogP contribution in [0.15, 0.2) is 30.6 Å². The van der Waals surface area contributed by atoms with Gasteiger partial charge in [-0.1, -0.05) is 29.8 Å². The number of benzene rings is 1. The highest BCUT2D eigenvalue weighted by atomic mass is 35.5. The van der Waals surface area contributed by atoms with Crippen LogP contribution in [0.3, 0.4) is 0 Å². The topological polar surface area (TPSA) is 75.3 Å². The molecule has 5 nitrogen and oxygen atoms in total. The quantitative estimate of drug-likeness (QED) is 0.863. The lowest BCUT2D eigenvalue weighted by molar-refractivity contribution is -0.138. The van der Waals surface area contributed by atoms with Crippen molar-refractivity contribution in [2.45, 2.75) is 24.7 Å². The Balaban J connectivity index is 2.09. The van der Waals surface area contributed by atoms with Crippen molar-refractivity contribution in [1.29, 1.82) is 0 Å². The first-order valence-corrected chi connectivity index (χ1v) is 7.53. The van der Waals surface area contributed by atoms with Gasteiger partial charge in [0, 0.05) is 6.54 Å². The molecule has 0 saturated carbocycles. The Kier molecular flexibility index (Phi) is 4.27. The van der Waals surface area contributed by atoms with Crippen molar-refractivity contribution < 1.29 is 18.3 Å². The lowest BCUT2D eigenvalue weighted by Gasteiger charge is -2.28. The molecule has 1 aromatic carbocycles. The number of hydrogen-bond acceptors (Lipinski definition) is 5. The summed E-state index contributed by atoms with van der Waals surface area (Å²) in [5, 5.41) is 10.1. The minimum absolute atomic E-state index is 0.0333. The summed E-state index contributed by atoms with van der Waals surface area (Å²) in [6, 6.07) is 4.57. The monoisotopic (exact) mass is 358 g/mol. The van der Waals surface area contributed by atoms with Crippen LogP contribution in [-0.2, 0) is 6.18 Å². The van der Waals surface area contributed by atoms with Crippen LogP contribution in [0.5, 0.6) is 0 Å². The number of rotatable bonds is 2. The van der Waals surface area contributed by atoms with Gasteiger partial charge in [-0.3, -0.25) is 0 Å². The highest BCUT2D eigenvalue weighted by Gasteiger charge is 2.40. The summed E-state index contributed by atoms with van der Waals surface area (Å²) in [6.45, 7) is 0.104. The van der Waals surface area contributed by atoms with Crippen molar-refractivity contribution in [3.05, 3.63) is 46.7 Å². The average Bonchev–Trinajstić information content (AvgIpc) is 2.91. The molecule has 3 N–H and O–H groups in total. The van der Waals surface area contributed by atoms with Gasteiger partial charge < -0.3 is 15.7 Å². The van der Waals surface area contributed by atoms with Crippen LogP contribution in [-0.4, -0.2) is 27.7 Å². The van der Waals surface area contributed by atoms with Crippen molar-refractivity contribution >= 4 is 23.2 Å². The van der Waals surface area contributed by atoms with Gasteiger partial charge in [0.2, 0.25) is 0 Å². The average molecular weight is 359 g/mol. The molecule has 0 unspecified atom stereocenters. The van der Waals surface area contributed by atoms with Crippen molar-refractivity contribution in [2.75, 3.05) is 17.2 Å². The molecule has 0 radical (unpaired) electrons. The summed E-state index contributed by atoms with van der Waals surface area (Å²) < 4.78 is 40.0. The van der Waals surface area contributed by atoms with Crippen molar-refractivity contribution in [2.24, 2.45) is 0 Å². The molecule has 9 heteroatoms. The Labute approximate surface area is 140 Å². The van der Waals surface area contributed by atoms with E-state index in [1.807, 2.05) is 0 Å². The molecule has 1 aliphatic heterocycles. The zero-order valence-electron chi connectivity index (χ0n) is 12.3. The molecular formula is C15H14ClF3N4O. The zero-order valence-corrected chi connectivity index (χ0v) is 13.1. The molecule has 1 fully saturated rings. The van der Waals surface area contributed by atoms with Gasteiger partial charge in [-0.15, -0.1) is 0 Å². The molecule has 1 saturated heterocycles. The molecule has 3 rings (SSSR count). The standard InChI is InChI=1S/C15H14ClF3N4O/c16-12-13(20)21-7-22-14(12)23-6-8(24)5-11(23)9-3-1-2-4-10(9)15(17,18)19/h1-4,7-8,11,24H,5-6H2,(H2,20,21,22)/t8-,11-/m1/s1. The number of halogens is 4. The Morgan fingerprint density at radius 3 is 2.67 bits per heavy atom. The predicted octanol–water partition coefficient (Wildman–Crippen LogP) is 3.04. The van der Waals surface area contributed by atoms with Crippen molar-refractivity contribution in [1.82, 2.24) is 9.97 Å². The van der Waals surface area contributed by atoms with Crippen molar-refractivity contribution in [3.63, 3.8) is 0 Å². The molecule has 128 valence electrons. The van der Waals surface area contributed by atoms with E-state index < -0.39 is 23.9 Å².